The fraction of sp³-hybridized carbons (Fsp3) is 0.553. The van der Waals surface area contributed by atoms with E-state index in [1.165, 1.54) is 24.9 Å². The summed E-state index contributed by atoms with van der Waals surface area (Å²) in [6.07, 6.45) is -3.00. The van der Waals surface area contributed by atoms with E-state index in [-0.39, 0.29) is 68.4 Å². The number of carboxylic acid groups (broad SMARTS) is 2. The second kappa shape index (κ2) is 54.5. The summed E-state index contributed by atoms with van der Waals surface area (Å²) >= 11 is 2.20. The van der Waals surface area contributed by atoms with E-state index in [0.29, 0.717) is 46.6 Å². The average Bonchev–Trinajstić information content (AvgIpc) is 1.66. The van der Waals surface area contributed by atoms with Crippen molar-refractivity contribution in [3.63, 3.8) is 0 Å². The molecule has 0 radical (unpaired) electrons. The molecule has 2 aromatic carbocycles. The van der Waals surface area contributed by atoms with E-state index >= 15 is 38.4 Å². The molecule has 20 amide bonds. The molecule has 4 aliphatic rings. The summed E-state index contributed by atoms with van der Waals surface area (Å²) in [4.78, 5) is 320. The van der Waals surface area contributed by atoms with Crippen LogP contribution in [0, 0.1) is 11.8 Å². The third-order valence-electron chi connectivity index (χ3n) is 22.0. The van der Waals surface area contributed by atoms with Crippen LogP contribution in [0.5, 0.6) is 0 Å². The molecule has 4 aliphatic heterocycles. The van der Waals surface area contributed by atoms with E-state index in [1.54, 1.807) is 68.4 Å². The van der Waals surface area contributed by atoms with E-state index in [1.807, 2.05) is 0 Å². The molecular weight excluding hydrogens is 1840 g/mol. The molecule has 744 valence electrons. The Morgan fingerprint density at radius 2 is 1.08 bits per heavy atom. The fourth-order valence-corrected chi connectivity index (χ4v) is 17.7. The number of nitrogens with two attached hydrogens (primary N) is 4. The highest BCUT2D eigenvalue weighted by atomic mass is 32.2. The quantitative estimate of drug-likeness (QED) is 0.0328. The number of aromatic amines is 1. The summed E-state index contributed by atoms with van der Waals surface area (Å²) in [5.74, 6) is -31.1. The lowest BCUT2D eigenvalue weighted by molar-refractivity contribution is -0.143. The monoisotopic (exact) mass is 1960 g/mol. The van der Waals surface area contributed by atoms with Gasteiger partial charge in [0, 0.05) is 65.9 Å². The minimum atomic E-state index is -2.28. The first-order valence-corrected chi connectivity index (χ1v) is 47.5. The zero-order valence-electron chi connectivity index (χ0n) is 75.4. The van der Waals surface area contributed by atoms with Crippen LogP contribution in [-0.2, 0) is 118 Å². The number of nitrogens with one attached hydrogen (secondary N) is 18. The van der Waals surface area contributed by atoms with E-state index in [9.17, 15) is 82.4 Å². The molecule has 7 rings (SSSR count). The van der Waals surface area contributed by atoms with Gasteiger partial charge in [-0.15, -0.1) is 0 Å². The van der Waals surface area contributed by atoms with E-state index in [4.69, 9.17) is 22.9 Å². The normalized spacial score (nSPS) is 25.9. The molecule has 0 aliphatic carbocycles. The lowest BCUT2D eigenvalue weighted by Gasteiger charge is -2.29. The van der Waals surface area contributed by atoms with Gasteiger partial charge in [0.05, 0.1) is 44.3 Å². The Kier molecular flexibility index (Phi) is 44.1. The van der Waals surface area contributed by atoms with Gasteiger partial charge in [-0.1, -0.05) is 82.8 Å². The number of unbranched alkanes of at least 4 members (excludes halogenated alkanes) is 1. The Hall–Kier alpha value is -13.0. The standard InChI is InChI=1S/C85H121N23O25S3/c1-41(2)28-53-76(123)95-51-23-27-135-38-59(80(127)93-43(5)69(116)99-54(29-44-14-7-6-8-15-44)71(118)92-35-66(113)108-25-13-19-62(108)83(130)102-53)106-82(129)61-40-136-39-60(105-79(126)58(36-109)103-77(124)55(100-75(51)122)30-45-33-90-48-17-10-9-16-46(45)48)81(128)101-57(32-67(114)115)72(119)91-34-65(112)94-56(31-64(89)111)78(125)96-50(74(121)98-52(85(132)133)18-11-12-24-86)22-26-134-37-47(87)70(117)107-68(42(3)4)84(131)97-49(73(120)104-61)20-21-63(88)110/h6-10,14-17,33,41-42,47,49-62,68,90,109H,5,11-13,18-32,34-40,86-87H2,1-4H3,(H2,88,110)(H2,89,111)(H,91,119)(H,92,118)(H,93,127)(H,94,112)(H,95,123)(H,96,125)(H,97,131)(H,98,121)(H,99,116)(H,100,122)(H,101,128)(H,102,130)(H,103,124)(H,104,120)(H,105,126)(H,106,129)(H,107,117)(H,114,115)(H,132,133)/t47-,49-,50+,51?,52-,53+,54-,55-,56-,57-,58-,59?,60?,61?,62?,68-/m0/s1. The van der Waals surface area contributed by atoms with Gasteiger partial charge in [-0.2, -0.15) is 35.3 Å². The number of aromatic nitrogens is 1. The molecule has 4 fully saturated rings. The number of amides is 20. The third kappa shape index (κ3) is 35.0. The van der Waals surface area contributed by atoms with Crippen molar-refractivity contribution in [2.24, 2.45) is 34.8 Å². The first kappa shape index (κ1) is 110. The number of carbonyl (C=O) groups excluding carboxylic acids is 20. The number of hydrogen-bond donors (Lipinski definition) is 25. The van der Waals surface area contributed by atoms with Crippen molar-refractivity contribution in [1.29, 1.82) is 0 Å². The molecule has 16 atom stereocenters. The van der Waals surface area contributed by atoms with Crippen molar-refractivity contribution in [2.75, 3.05) is 67.3 Å². The van der Waals surface area contributed by atoms with Crippen LogP contribution in [-0.4, -0.2) is 319 Å². The van der Waals surface area contributed by atoms with Crippen molar-refractivity contribution < 1.29 is 121 Å². The van der Waals surface area contributed by atoms with Crippen molar-refractivity contribution in [1.82, 2.24) is 100 Å². The highest BCUT2D eigenvalue weighted by Crippen LogP contribution is 2.24. The fourth-order valence-electron chi connectivity index (χ4n) is 14.6. The lowest BCUT2D eigenvalue weighted by Crippen LogP contribution is -2.61. The Bertz CT molecular complexity index is 4870. The molecule has 4 saturated heterocycles. The molecule has 48 nitrogen and oxygen atoms in total. The Morgan fingerprint density at radius 3 is 1.74 bits per heavy atom. The number of rotatable bonds is 22. The van der Waals surface area contributed by atoms with Crippen LogP contribution < -0.4 is 113 Å². The Balaban J connectivity index is 1.40. The number of aliphatic hydroxyl groups is 1. The summed E-state index contributed by atoms with van der Waals surface area (Å²) in [6, 6.07) is -13.8. The largest absolute Gasteiger partial charge is 0.481 e. The number of hydrogen-bond acceptors (Lipinski definition) is 28. The number of thioether (sulfide) groups is 3. The SMILES string of the molecule is C=C1NC(=O)C2CSCCC(NC(=O)[C@@H](CC(C)C)NC(=O)C3CCCN3C(=O)CNC(=O)[C@H](Cc3ccccc3)NC1=O)C(=O)N[C@@H](Cc1c[nH]c3ccccc13)C(=O)N[C@@H](CO)C(=O)NC1CSCC(NC(=O)[C@H](CCC(N)=O)NC(=O)[C@H](C(C)C)NC(=O)[C@@H](N)CSCC[C@H](C(=O)N[C@@H](CCCCN)C(=O)O)NC(=O)[C@H](CC(N)=O)NC(=O)CNC(=O)[C@H](CC(=O)O)NC1=O)C(=O)N2. The molecule has 3 aromatic rings. The maximum Gasteiger partial charge on any atom is 0.326 e. The smallest absolute Gasteiger partial charge is 0.326 e. The van der Waals surface area contributed by atoms with Gasteiger partial charge in [0.15, 0.2) is 0 Å². The van der Waals surface area contributed by atoms with Gasteiger partial charge in [0.25, 0.3) is 5.91 Å². The number of H-pyrrole nitrogens is 1. The van der Waals surface area contributed by atoms with Crippen molar-refractivity contribution >= 4 is 176 Å². The zero-order valence-corrected chi connectivity index (χ0v) is 77.8. The highest BCUT2D eigenvalue weighted by Gasteiger charge is 2.42. The van der Waals surface area contributed by atoms with Crippen LogP contribution in [0.1, 0.15) is 116 Å². The van der Waals surface area contributed by atoms with Gasteiger partial charge in [-0.3, -0.25) is 101 Å². The van der Waals surface area contributed by atoms with Gasteiger partial charge in [-0.05, 0) is 105 Å². The molecule has 5 heterocycles. The topological polar surface area (TPSA) is 764 Å². The van der Waals surface area contributed by atoms with Crippen molar-refractivity contribution in [3.05, 3.63) is 84.2 Å². The van der Waals surface area contributed by atoms with Gasteiger partial charge in [0.1, 0.15) is 90.6 Å². The molecule has 5 unspecified atom stereocenters. The molecule has 4 bridgehead atoms. The number of carboxylic acids is 2. The number of benzene rings is 2. The van der Waals surface area contributed by atoms with Crippen LogP contribution in [0.2, 0.25) is 0 Å². The number of para-hydroxylation sites is 1. The van der Waals surface area contributed by atoms with Gasteiger partial charge >= 0.3 is 11.9 Å². The first-order valence-electron chi connectivity index (χ1n) is 44.0. The number of aliphatic carboxylic acids is 2. The molecule has 51 heteroatoms. The lowest BCUT2D eigenvalue weighted by atomic mass is 10.0. The van der Waals surface area contributed by atoms with E-state index < -0.39 is 320 Å². The van der Waals surface area contributed by atoms with E-state index in [0.717, 1.165) is 23.5 Å². The highest BCUT2D eigenvalue weighted by molar-refractivity contribution is 7.99. The van der Waals surface area contributed by atoms with Gasteiger partial charge < -0.3 is 139 Å². The minimum absolute atomic E-state index is 0.0227. The predicted molar refractivity (Wildman–Crippen MR) is 493 cm³/mol. The molecule has 136 heavy (non-hydrogen) atoms. The minimum Gasteiger partial charge on any atom is -0.481 e. The second-order valence-electron chi connectivity index (χ2n) is 33.5. The maximum atomic E-state index is 15.6. The zero-order chi connectivity index (χ0) is 100. The molecular formula is C85H121N23O25S3. The summed E-state index contributed by atoms with van der Waals surface area (Å²) in [7, 11) is 0. The van der Waals surface area contributed by atoms with Crippen molar-refractivity contribution in [2.45, 2.75) is 214 Å². The van der Waals surface area contributed by atoms with Crippen LogP contribution in [0.4, 0.5) is 0 Å². The van der Waals surface area contributed by atoms with Crippen LogP contribution >= 0.6 is 35.3 Å². The van der Waals surface area contributed by atoms with Crippen LogP contribution in [0.3, 0.4) is 0 Å². The van der Waals surface area contributed by atoms with Crippen LogP contribution in [0.15, 0.2) is 73.1 Å². The number of fused-ring (bicyclic) bond motifs is 11. The van der Waals surface area contributed by atoms with Crippen LogP contribution in [0.25, 0.3) is 10.9 Å². The molecule has 1 aromatic heterocycles. The first-order chi connectivity index (χ1) is 64.5. The van der Waals surface area contributed by atoms with Crippen molar-refractivity contribution in [3.8, 4) is 0 Å². The average molecular weight is 1960 g/mol. The van der Waals surface area contributed by atoms with E-state index in [2.05, 4.69) is 102 Å². The summed E-state index contributed by atoms with van der Waals surface area (Å²) < 4.78 is 0. The van der Waals surface area contributed by atoms with Gasteiger partial charge in [-0.25, -0.2) is 4.79 Å². The summed E-state index contributed by atoms with van der Waals surface area (Å²) in [5, 5.41) is 73.2. The maximum absolute atomic E-state index is 15.6. The molecule has 29 N–H and O–H groups in total. The second-order valence-corrected chi connectivity index (χ2v) is 36.9. The summed E-state index contributed by atoms with van der Waals surface area (Å²) in [6.45, 7) is 7.05. The molecule has 0 saturated carbocycles. The number of carbonyl (C=O) groups is 22. The van der Waals surface area contributed by atoms with Gasteiger partial charge in [0.2, 0.25) is 112 Å². The third-order valence-corrected chi connectivity index (χ3v) is 25.3. The number of aliphatic hydroxyl groups excluding tert-OH is 1. The molecule has 0 spiro atoms. The summed E-state index contributed by atoms with van der Waals surface area (Å²) in [5.41, 5.74) is 23.8. The Labute approximate surface area is 793 Å². The Morgan fingerprint density at radius 1 is 0.529 bits per heavy atom. The predicted octanol–water partition coefficient (Wildman–Crippen LogP) is -8.53. The number of primary amides is 2. The number of nitrogens with zero attached hydrogens (tertiary/aromatic N) is 1.